The molecule has 1 fully saturated rings. The summed E-state index contributed by atoms with van der Waals surface area (Å²) in [7, 11) is 1.23. The van der Waals surface area contributed by atoms with Crippen LogP contribution in [0.15, 0.2) is 4.99 Å². The summed E-state index contributed by atoms with van der Waals surface area (Å²) in [6.07, 6.45) is -7.82. The van der Waals surface area contributed by atoms with Gasteiger partial charge < -0.3 is 45.2 Å². The van der Waals surface area contributed by atoms with Crippen molar-refractivity contribution < 1.29 is 49.8 Å². The number of aliphatic imine (C=N–C) groups is 1. The second-order valence-electron chi connectivity index (χ2n) is 7.97. The van der Waals surface area contributed by atoms with Crippen LogP contribution in [0, 0.1) is 0 Å². The molecule has 0 radical (unpaired) electrons. The molecule has 0 spiro atoms. The Bertz CT molecular complexity index is 677. The fourth-order valence-electron chi connectivity index (χ4n) is 3.03. The Kier molecular flexibility index (Phi) is 9.13. The predicted molar refractivity (Wildman–Crippen MR) is 104 cm³/mol. The van der Waals surface area contributed by atoms with Gasteiger partial charge in [0.1, 0.15) is 23.9 Å². The van der Waals surface area contributed by atoms with E-state index in [1.807, 2.05) is 5.32 Å². The zero-order valence-electron chi connectivity index (χ0n) is 17.7. The molecule has 4 atom stereocenters. The van der Waals surface area contributed by atoms with Crippen LogP contribution in [0.4, 0.5) is 9.59 Å². The zero-order chi connectivity index (χ0) is 24.1. The number of nitrogens with one attached hydrogen (secondary N) is 1. The molecule has 0 aliphatic carbocycles. The second-order valence-corrected chi connectivity index (χ2v) is 7.97. The standard InChI is InChI=1S/C17H30N4O10/c1-17(2,3)31-16(30)19-14(18-15(28)29)20(4)5-10(24)21-8(6-22)11(25)13(27)12(26)9(21)7-23/h8-9,11-13,22-23,25-27H,5-7H2,1-4H3,(H,28,29)(H,18,19,30)/t8-,9-,11-,12-/m1/s1. The molecule has 0 aromatic rings. The number of rotatable bonds is 4. The molecule has 14 nitrogen and oxygen atoms in total. The fraction of sp³-hybridized carbons (Fsp3) is 0.765. The van der Waals surface area contributed by atoms with Gasteiger partial charge in [-0.2, -0.15) is 0 Å². The summed E-state index contributed by atoms with van der Waals surface area (Å²) >= 11 is 0. The van der Waals surface area contributed by atoms with Gasteiger partial charge in [-0.1, -0.05) is 0 Å². The first-order valence-electron chi connectivity index (χ1n) is 9.33. The molecule has 1 rings (SSSR count). The van der Waals surface area contributed by atoms with Gasteiger partial charge in [-0.3, -0.25) is 10.1 Å². The van der Waals surface area contributed by atoms with E-state index in [0.717, 1.165) is 9.80 Å². The maximum Gasteiger partial charge on any atom is 0.437 e. The summed E-state index contributed by atoms with van der Waals surface area (Å²) in [6, 6.07) is -2.70. The van der Waals surface area contributed by atoms with Crippen LogP contribution in [-0.2, 0) is 9.53 Å². The van der Waals surface area contributed by atoms with Crippen LogP contribution in [0.2, 0.25) is 0 Å². The van der Waals surface area contributed by atoms with Crippen LogP contribution < -0.4 is 5.32 Å². The highest BCUT2D eigenvalue weighted by Crippen LogP contribution is 2.25. The van der Waals surface area contributed by atoms with E-state index in [1.54, 1.807) is 20.8 Å². The first-order chi connectivity index (χ1) is 14.2. The molecule has 14 heteroatoms. The van der Waals surface area contributed by atoms with Gasteiger partial charge in [-0.05, 0) is 20.8 Å². The van der Waals surface area contributed by atoms with Crippen molar-refractivity contribution in [1.29, 1.82) is 0 Å². The van der Waals surface area contributed by atoms with Crippen molar-refractivity contribution >= 4 is 24.1 Å². The highest BCUT2D eigenvalue weighted by molar-refractivity contribution is 5.99. The number of aliphatic hydroxyl groups is 5. The second kappa shape index (κ2) is 10.7. The summed E-state index contributed by atoms with van der Waals surface area (Å²) in [5, 5.41) is 60.1. The number of hydrogen-bond donors (Lipinski definition) is 7. The van der Waals surface area contributed by atoms with Crippen LogP contribution in [0.3, 0.4) is 0 Å². The van der Waals surface area contributed by atoms with E-state index in [1.165, 1.54) is 7.05 Å². The lowest BCUT2D eigenvalue weighted by molar-refractivity contribution is -0.187. The first-order valence-corrected chi connectivity index (χ1v) is 9.33. The van der Waals surface area contributed by atoms with Gasteiger partial charge in [0.25, 0.3) is 0 Å². The number of hydrogen-bond acceptors (Lipinski definition) is 9. The molecular weight excluding hydrogens is 420 g/mol. The Morgan fingerprint density at radius 3 is 1.90 bits per heavy atom. The summed E-state index contributed by atoms with van der Waals surface area (Å²) in [6.45, 7) is 2.51. The number of aliphatic hydroxyl groups excluding tert-OH is 5. The van der Waals surface area contributed by atoms with E-state index >= 15 is 0 Å². The van der Waals surface area contributed by atoms with Gasteiger partial charge in [-0.25, -0.2) is 9.59 Å². The number of carboxylic acid groups (broad SMARTS) is 1. The third-order valence-corrected chi connectivity index (χ3v) is 4.41. The molecule has 1 aliphatic heterocycles. The highest BCUT2D eigenvalue weighted by Gasteiger charge is 2.49. The van der Waals surface area contributed by atoms with E-state index in [0.29, 0.717) is 0 Å². The molecule has 31 heavy (non-hydrogen) atoms. The Hall–Kier alpha value is -2.52. The van der Waals surface area contributed by atoms with Crippen molar-refractivity contribution in [3.63, 3.8) is 0 Å². The van der Waals surface area contributed by atoms with Gasteiger partial charge in [0, 0.05) is 7.05 Å². The predicted octanol–water partition coefficient (Wildman–Crippen LogP) is -2.88. The highest BCUT2D eigenvalue weighted by atomic mass is 16.6. The fourth-order valence-corrected chi connectivity index (χ4v) is 3.03. The molecule has 1 aliphatic rings. The normalized spacial score (nSPS) is 26.9. The smallest absolute Gasteiger partial charge is 0.437 e. The number of likely N-dealkylation sites (tertiary alicyclic amines) is 1. The van der Waals surface area contributed by atoms with Crippen LogP contribution in [0.25, 0.3) is 0 Å². The first kappa shape index (κ1) is 26.5. The van der Waals surface area contributed by atoms with Crippen molar-refractivity contribution in [3.8, 4) is 0 Å². The summed E-state index contributed by atoms with van der Waals surface area (Å²) in [5.74, 6) is -1.41. The molecule has 1 saturated heterocycles. The molecule has 7 N–H and O–H groups in total. The minimum Gasteiger partial charge on any atom is -0.465 e. The Balaban J connectivity index is 3.13. The van der Waals surface area contributed by atoms with Crippen molar-refractivity contribution in [1.82, 2.24) is 15.1 Å². The molecule has 1 heterocycles. The van der Waals surface area contributed by atoms with Crippen molar-refractivity contribution in [2.24, 2.45) is 4.99 Å². The van der Waals surface area contributed by atoms with Crippen LogP contribution >= 0.6 is 0 Å². The number of carbonyl (C=O) groups excluding carboxylic acids is 2. The number of amides is 3. The largest absolute Gasteiger partial charge is 0.465 e. The summed E-state index contributed by atoms with van der Waals surface area (Å²) in [4.78, 5) is 41.1. The van der Waals surface area contributed by atoms with Gasteiger partial charge >= 0.3 is 12.2 Å². The van der Waals surface area contributed by atoms with Crippen molar-refractivity contribution in [3.05, 3.63) is 0 Å². The Morgan fingerprint density at radius 2 is 1.52 bits per heavy atom. The molecule has 0 bridgehead atoms. The lowest BCUT2D eigenvalue weighted by atomic mass is 9.88. The minimum atomic E-state index is -1.71. The van der Waals surface area contributed by atoms with Gasteiger partial charge in [0.15, 0.2) is 0 Å². The lowest BCUT2D eigenvalue weighted by Gasteiger charge is -2.48. The minimum absolute atomic E-state index is 0.547. The monoisotopic (exact) mass is 450 g/mol. The average Bonchev–Trinajstić information content (AvgIpc) is 2.63. The van der Waals surface area contributed by atoms with Crippen molar-refractivity contribution in [2.45, 2.75) is 56.8 Å². The lowest BCUT2D eigenvalue weighted by Crippen LogP contribution is -2.70. The van der Waals surface area contributed by atoms with E-state index in [2.05, 4.69) is 4.99 Å². The molecule has 0 saturated carbocycles. The number of carbonyl (C=O) groups is 3. The van der Waals surface area contributed by atoms with Crippen LogP contribution in [-0.4, -0.2) is 127 Å². The molecule has 3 amide bonds. The van der Waals surface area contributed by atoms with E-state index < -0.39 is 79.8 Å². The van der Waals surface area contributed by atoms with E-state index in [-0.39, 0.29) is 0 Å². The van der Waals surface area contributed by atoms with Crippen molar-refractivity contribution in [2.75, 3.05) is 26.8 Å². The molecule has 0 aromatic carbocycles. The number of piperidine rings is 1. The zero-order valence-corrected chi connectivity index (χ0v) is 17.7. The number of guanidine groups is 1. The van der Waals surface area contributed by atoms with Gasteiger partial charge in [0.2, 0.25) is 11.9 Å². The van der Waals surface area contributed by atoms with Crippen LogP contribution in [0.5, 0.6) is 0 Å². The quantitative estimate of drug-likeness (QED) is 0.171. The molecule has 0 aromatic heterocycles. The Labute approximate surface area is 178 Å². The third kappa shape index (κ3) is 7.00. The Morgan fingerprint density at radius 1 is 1.03 bits per heavy atom. The summed E-state index contributed by atoms with van der Waals surface area (Å²) < 4.78 is 4.99. The van der Waals surface area contributed by atoms with E-state index in [9.17, 15) is 39.9 Å². The molecule has 178 valence electrons. The summed E-state index contributed by atoms with van der Waals surface area (Å²) in [5.41, 5.74) is -0.910. The van der Waals surface area contributed by atoms with Gasteiger partial charge in [-0.15, -0.1) is 4.99 Å². The number of nitrogens with zero attached hydrogens (tertiary/aromatic N) is 3. The number of likely N-dealkylation sites (N-methyl/N-ethyl adjacent to an activating group) is 1. The molecular formula is C17H30N4O10. The SMILES string of the molecule is CN(CC(=O)N1[C@H](CO)[C@@H](O)C(O)[C@H](O)[C@H]1CO)C(=NC(=O)OC(C)(C)C)NC(=O)O. The van der Waals surface area contributed by atoms with E-state index in [4.69, 9.17) is 9.84 Å². The van der Waals surface area contributed by atoms with Crippen LogP contribution in [0.1, 0.15) is 20.8 Å². The topological polar surface area (TPSA) is 213 Å². The molecule has 0 unspecified atom stereocenters. The third-order valence-electron chi connectivity index (χ3n) is 4.41. The maximum atomic E-state index is 12.9. The number of ether oxygens (including phenoxy) is 1. The average molecular weight is 450 g/mol. The maximum absolute atomic E-state index is 12.9. The van der Waals surface area contributed by atoms with Gasteiger partial charge in [0.05, 0.1) is 31.8 Å².